The fourth-order valence-electron chi connectivity index (χ4n) is 2.92. The Hall–Kier alpha value is -3.00. The smallest absolute Gasteiger partial charge is 0.143 e. The van der Waals surface area contributed by atoms with Crippen molar-refractivity contribution in [1.82, 2.24) is 0 Å². The summed E-state index contributed by atoms with van der Waals surface area (Å²) in [6.07, 6.45) is 0. The van der Waals surface area contributed by atoms with Crippen LogP contribution in [0.15, 0.2) is 77.2 Å². The zero-order valence-electron chi connectivity index (χ0n) is 12.8. The molecule has 0 aliphatic rings. The van der Waals surface area contributed by atoms with Crippen LogP contribution in [0.3, 0.4) is 0 Å². The predicted molar refractivity (Wildman–Crippen MR) is 93.5 cm³/mol. The van der Waals surface area contributed by atoms with E-state index in [2.05, 4.69) is 12.1 Å². The van der Waals surface area contributed by atoms with E-state index in [1.54, 1.807) is 6.07 Å². The minimum Gasteiger partial charge on any atom is -0.508 e. The molecule has 0 aliphatic carbocycles. The summed E-state index contributed by atoms with van der Waals surface area (Å²) < 4.78 is 6.16. The predicted octanol–water partition coefficient (Wildman–Crippen LogP) is 5.78. The zero-order valence-corrected chi connectivity index (χ0v) is 12.8. The van der Waals surface area contributed by atoms with Gasteiger partial charge in [0.2, 0.25) is 0 Å². The number of phenols is 1. The summed E-state index contributed by atoms with van der Waals surface area (Å²) in [4.78, 5) is 0. The molecule has 0 aliphatic heterocycles. The van der Waals surface area contributed by atoms with Gasteiger partial charge in [-0.25, -0.2) is 0 Å². The van der Waals surface area contributed by atoms with E-state index >= 15 is 0 Å². The van der Waals surface area contributed by atoms with Gasteiger partial charge in [0.1, 0.15) is 17.1 Å². The molecular formula is C21H16O2. The average molecular weight is 300 g/mol. The number of hydrogen-bond donors (Lipinski definition) is 1. The molecule has 0 radical (unpaired) electrons. The first-order valence-corrected chi connectivity index (χ1v) is 7.61. The number of furan rings is 1. The molecule has 0 amide bonds. The standard InChI is InChI=1S/C21H16O2/c1-14-12-19-17(13-18(14)22)20(15-8-4-2-5-9-15)21(23-19)16-10-6-3-7-11-16/h2-13,22H,1H3. The third kappa shape index (κ3) is 2.29. The van der Waals surface area contributed by atoms with Crippen molar-refractivity contribution in [2.75, 3.05) is 0 Å². The van der Waals surface area contributed by atoms with E-state index in [9.17, 15) is 5.11 Å². The number of rotatable bonds is 2. The van der Waals surface area contributed by atoms with E-state index < -0.39 is 0 Å². The molecule has 1 aromatic heterocycles. The van der Waals surface area contributed by atoms with Crippen molar-refractivity contribution in [2.24, 2.45) is 0 Å². The Morgan fingerprint density at radius 2 is 1.39 bits per heavy atom. The molecule has 0 atom stereocenters. The summed E-state index contributed by atoms with van der Waals surface area (Å²) in [7, 11) is 0. The second-order valence-electron chi connectivity index (χ2n) is 5.67. The Morgan fingerprint density at radius 1 is 0.783 bits per heavy atom. The topological polar surface area (TPSA) is 33.4 Å². The van der Waals surface area contributed by atoms with Gasteiger partial charge in [-0.2, -0.15) is 0 Å². The molecule has 112 valence electrons. The second kappa shape index (κ2) is 5.33. The van der Waals surface area contributed by atoms with Gasteiger partial charge in [-0.1, -0.05) is 60.7 Å². The minimum absolute atomic E-state index is 0.287. The number of phenolic OH excluding ortho intramolecular Hbond substituents is 1. The molecule has 0 saturated heterocycles. The Labute approximate surface area is 134 Å². The first-order valence-electron chi connectivity index (χ1n) is 7.61. The molecule has 0 bridgehead atoms. The Kier molecular flexibility index (Phi) is 3.16. The molecule has 0 spiro atoms. The number of aryl methyl sites for hydroxylation is 1. The lowest BCUT2D eigenvalue weighted by molar-refractivity contribution is 0.471. The third-order valence-corrected chi connectivity index (χ3v) is 4.10. The lowest BCUT2D eigenvalue weighted by Gasteiger charge is -2.04. The minimum atomic E-state index is 0.287. The SMILES string of the molecule is Cc1cc2oc(-c3ccccc3)c(-c3ccccc3)c2cc1O. The van der Waals surface area contributed by atoms with Gasteiger partial charge in [0.25, 0.3) is 0 Å². The van der Waals surface area contributed by atoms with Crippen molar-refractivity contribution in [2.45, 2.75) is 6.92 Å². The Morgan fingerprint density at radius 3 is 2.04 bits per heavy atom. The van der Waals surface area contributed by atoms with Gasteiger partial charge in [-0.05, 0) is 30.2 Å². The number of benzene rings is 3. The molecule has 2 heteroatoms. The summed E-state index contributed by atoms with van der Waals surface area (Å²) in [6.45, 7) is 1.88. The summed E-state index contributed by atoms with van der Waals surface area (Å²) in [6, 6.07) is 23.9. The highest BCUT2D eigenvalue weighted by atomic mass is 16.3. The number of fused-ring (bicyclic) bond motifs is 1. The first kappa shape index (κ1) is 13.6. The van der Waals surface area contributed by atoms with Crippen molar-refractivity contribution >= 4 is 11.0 Å². The molecule has 1 heterocycles. The van der Waals surface area contributed by atoms with Crippen LogP contribution in [0.4, 0.5) is 0 Å². The number of aromatic hydroxyl groups is 1. The monoisotopic (exact) mass is 300 g/mol. The molecule has 0 unspecified atom stereocenters. The van der Waals surface area contributed by atoms with Crippen LogP contribution in [0.2, 0.25) is 0 Å². The molecule has 0 fully saturated rings. The third-order valence-electron chi connectivity index (χ3n) is 4.10. The van der Waals surface area contributed by atoms with Crippen LogP contribution in [0.1, 0.15) is 5.56 Å². The van der Waals surface area contributed by atoms with E-state index in [1.165, 1.54) is 0 Å². The lowest BCUT2D eigenvalue weighted by atomic mass is 9.98. The highest BCUT2D eigenvalue weighted by Crippen LogP contribution is 2.42. The van der Waals surface area contributed by atoms with Gasteiger partial charge in [-0.3, -0.25) is 0 Å². The van der Waals surface area contributed by atoms with E-state index in [4.69, 9.17) is 4.42 Å². The summed E-state index contributed by atoms with van der Waals surface area (Å²) >= 11 is 0. The normalized spacial score (nSPS) is 11.0. The maximum atomic E-state index is 10.1. The van der Waals surface area contributed by atoms with Crippen molar-refractivity contribution in [1.29, 1.82) is 0 Å². The molecule has 4 rings (SSSR count). The van der Waals surface area contributed by atoms with Gasteiger partial charge in [0.05, 0.1) is 0 Å². The molecule has 0 saturated carbocycles. The highest BCUT2D eigenvalue weighted by Gasteiger charge is 2.18. The fourth-order valence-corrected chi connectivity index (χ4v) is 2.92. The molecule has 3 aromatic carbocycles. The maximum Gasteiger partial charge on any atom is 0.143 e. The van der Waals surface area contributed by atoms with Crippen LogP contribution in [0.25, 0.3) is 33.4 Å². The van der Waals surface area contributed by atoms with Crippen LogP contribution in [-0.4, -0.2) is 5.11 Å². The maximum absolute atomic E-state index is 10.1. The van der Waals surface area contributed by atoms with Crippen molar-refractivity contribution < 1.29 is 9.52 Å². The van der Waals surface area contributed by atoms with Crippen LogP contribution < -0.4 is 0 Å². The fraction of sp³-hybridized carbons (Fsp3) is 0.0476. The summed E-state index contributed by atoms with van der Waals surface area (Å²) in [5, 5.41) is 11.1. The number of hydrogen-bond acceptors (Lipinski definition) is 2. The molecular weight excluding hydrogens is 284 g/mol. The van der Waals surface area contributed by atoms with Crippen molar-refractivity contribution in [3.05, 3.63) is 78.4 Å². The molecule has 2 nitrogen and oxygen atoms in total. The quantitative estimate of drug-likeness (QED) is 0.509. The van der Waals surface area contributed by atoms with E-state index in [1.807, 2.05) is 61.5 Å². The van der Waals surface area contributed by atoms with Crippen molar-refractivity contribution in [3.63, 3.8) is 0 Å². The van der Waals surface area contributed by atoms with Gasteiger partial charge >= 0.3 is 0 Å². The van der Waals surface area contributed by atoms with Crippen LogP contribution in [-0.2, 0) is 0 Å². The first-order chi connectivity index (χ1) is 11.2. The summed E-state index contributed by atoms with van der Waals surface area (Å²) in [5.74, 6) is 1.12. The Bertz CT molecular complexity index is 967. The Balaban J connectivity index is 2.09. The lowest BCUT2D eigenvalue weighted by Crippen LogP contribution is -1.81. The zero-order chi connectivity index (χ0) is 15.8. The van der Waals surface area contributed by atoms with Crippen LogP contribution >= 0.6 is 0 Å². The average Bonchev–Trinajstić information content (AvgIpc) is 2.95. The molecule has 1 N–H and O–H groups in total. The summed E-state index contributed by atoms with van der Waals surface area (Å²) in [5.41, 5.74) is 4.72. The van der Waals surface area contributed by atoms with Gasteiger partial charge < -0.3 is 9.52 Å². The molecule has 4 aromatic rings. The largest absolute Gasteiger partial charge is 0.508 e. The van der Waals surface area contributed by atoms with Crippen LogP contribution in [0, 0.1) is 6.92 Å². The highest BCUT2D eigenvalue weighted by molar-refractivity contribution is 6.02. The van der Waals surface area contributed by atoms with Crippen molar-refractivity contribution in [3.8, 4) is 28.2 Å². The molecule has 23 heavy (non-hydrogen) atoms. The van der Waals surface area contributed by atoms with E-state index in [-0.39, 0.29) is 5.75 Å². The van der Waals surface area contributed by atoms with E-state index in [0.717, 1.165) is 39.0 Å². The van der Waals surface area contributed by atoms with E-state index in [0.29, 0.717) is 0 Å². The van der Waals surface area contributed by atoms with Gasteiger partial charge in [0, 0.05) is 16.5 Å². The van der Waals surface area contributed by atoms with Gasteiger partial charge in [-0.15, -0.1) is 0 Å². The van der Waals surface area contributed by atoms with Crippen LogP contribution in [0.5, 0.6) is 5.75 Å². The van der Waals surface area contributed by atoms with Gasteiger partial charge in [0.15, 0.2) is 0 Å². The second-order valence-corrected chi connectivity index (χ2v) is 5.67.